The first kappa shape index (κ1) is 50.2. The first-order valence-electron chi connectivity index (χ1n) is 18.2. The zero-order valence-corrected chi connectivity index (χ0v) is 32.8. The molecule has 2 aromatic carbocycles. The van der Waals surface area contributed by atoms with Gasteiger partial charge in [0.15, 0.2) is 11.5 Å². The Morgan fingerprint density at radius 2 is 1.20 bits per heavy atom. The highest BCUT2D eigenvalue weighted by molar-refractivity contribution is 6.64. The maximum absolute atomic E-state index is 12.3. The number of likely N-dealkylation sites (tertiary alicyclic amines) is 2. The number of rotatable bonds is 7. The Hall–Kier alpha value is -6.82. The molecule has 3 aliphatic rings. The van der Waals surface area contributed by atoms with E-state index in [-0.39, 0.29) is 35.7 Å². The number of hydrogen-bond acceptors (Lipinski definition) is 14. The van der Waals surface area contributed by atoms with Gasteiger partial charge in [0.05, 0.1) is 9.85 Å². The number of amides is 2. The van der Waals surface area contributed by atoms with Gasteiger partial charge in [-0.15, -0.1) is 0 Å². The van der Waals surface area contributed by atoms with Crippen LogP contribution in [0.4, 0.5) is 11.4 Å². The lowest BCUT2D eigenvalue weighted by Crippen LogP contribution is -2.36. The minimum atomic E-state index is -0.887. The molecule has 316 valence electrons. The van der Waals surface area contributed by atoms with Crippen LogP contribution in [-0.4, -0.2) is 116 Å². The van der Waals surface area contributed by atoms with Gasteiger partial charge in [-0.1, -0.05) is 6.42 Å². The van der Waals surface area contributed by atoms with E-state index in [1.807, 2.05) is 0 Å². The highest BCUT2D eigenvalue weighted by atomic mass is 35.5. The summed E-state index contributed by atoms with van der Waals surface area (Å²) in [5, 5.41) is 69.9. The van der Waals surface area contributed by atoms with Crippen LogP contribution in [0.1, 0.15) is 73.7 Å². The molecule has 59 heavy (non-hydrogen) atoms. The van der Waals surface area contributed by atoms with Crippen LogP contribution in [-0.2, 0) is 14.4 Å². The predicted octanol–water partition coefficient (Wildman–Crippen LogP) is 5.09. The van der Waals surface area contributed by atoms with Crippen LogP contribution in [0, 0.1) is 44.7 Å². The summed E-state index contributed by atoms with van der Waals surface area (Å²) < 4.78 is 0. The number of carbonyl (C=O) groups excluding carboxylic acids is 4. The fourth-order valence-electron chi connectivity index (χ4n) is 5.43. The molecule has 5 N–H and O–H groups in total. The maximum atomic E-state index is 12.3. The number of nitriles is 1. The molecular formula is C38H45ClN8O12. The Bertz CT molecular complexity index is 1930. The van der Waals surface area contributed by atoms with Crippen molar-refractivity contribution in [3.05, 3.63) is 84.0 Å². The molecule has 2 amide bonds. The topological polar surface area (TPSA) is 286 Å². The molecule has 0 radical (unpaired) electrons. The van der Waals surface area contributed by atoms with Crippen LogP contribution in [0.15, 0.2) is 29.8 Å². The number of benzene rings is 2. The Morgan fingerprint density at radius 3 is 1.56 bits per heavy atom. The van der Waals surface area contributed by atoms with Crippen LogP contribution in [0.2, 0.25) is 0 Å². The minimum absolute atomic E-state index is 0.000278. The van der Waals surface area contributed by atoms with E-state index < -0.39 is 55.4 Å². The quantitative estimate of drug-likeness (QED) is 0.0355. The van der Waals surface area contributed by atoms with Gasteiger partial charge in [0.2, 0.25) is 11.5 Å². The van der Waals surface area contributed by atoms with E-state index in [2.05, 4.69) is 15.0 Å². The summed E-state index contributed by atoms with van der Waals surface area (Å²) in [7, 11) is 0. The molecule has 0 unspecified atom stereocenters. The molecule has 3 aliphatic heterocycles. The van der Waals surface area contributed by atoms with E-state index >= 15 is 0 Å². The zero-order chi connectivity index (χ0) is 44.3. The van der Waals surface area contributed by atoms with Crippen LogP contribution < -0.4 is 5.32 Å². The second kappa shape index (κ2) is 27.7. The van der Waals surface area contributed by atoms with Gasteiger partial charge < -0.3 is 45.2 Å². The highest BCUT2D eigenvalue weighted by Gasteiger charge is 2.23. The Balaban J connectivity index is 0.000000409. The summed E-state index contributed by atoms with van der Waals surface area (Å²) in [5.41, 5.74) is -1.54. The van der Waals surface area contributed by atoms with E-state index in [0.29, 0.717) is 19.4 Å². The molecule has 3 fully saturated rings. The molecular weight excluding hydrogens is 796 g/mol. The van der Waals surface area contributed by atoms with Gasteiger partial charge in [0.25, 0.3) is 19.0 Å². The van der Waals surface area contributed by atoms with Crippen molar-refractivity contribution < 1.29 is 49.5 Å². The molecule has 20 nitrogen and oxygen atoms in total. The van der Waals surface area contributed by atoms with E-state index in [0.717, 1.165) is 69.5 Å². The Labute approximate surface area is 344 Å². The number of carbonyl (C=O) groups is 4. The van der Waals surface area contributed by atoms with Crippen molar-refractivity contribution in [1.82, 2.24) is 15.1 Å². The molecule has 0 atom stereocenters. The average Bonchev–Trinajstić information content (AvgIpc) is 3.23. The van der Waals surface area contributed by atoms with E-state index in [4.69, 9.17) is 35.0 Å². The van der Waals surface area contributed by atoms with Crippen LogP contribution in [0.25, 0.3) is 15.8 Å². The second-order valence-electron chi connectivity index (χ2n) is 12.7. The monoisotopic (exact) mass is 840 g/mol. The minimum Gasteiger partial charge on any atom is -0.504 e. The van der Waals surface area contributed by atoms with Gasteiger partial charge in [0, 0.05) is 43.9 Å². The van der Waals surface area contributed by atoms with Gasteiger partial charge in [-0.05, 0) is 99.8 Å². The Morgan fingerprint density at radius 1 is 0.763 bits per heavy atom. The molecule has 0 spiro atoms. The van der Waals surface area contributed by atoms with E-state index in [1.165, 1.54) is 44.8 Å². The number of phenolic OH excluding ortho intramolecular Hbond substituents is 4. The first-order chi connectivity index (χ1) is 28.1. The third-order valence-electron chi connectivity index (χ3n) is 8.35. The molecule has 0 saturated carbocycles. The third kappa shape index (κ3) is 18.8. The van der Waals surface area contributed by atoms with Crippen LogP contribution in [0.5, 0.6) is 23.0 Å². The zero-order valence-electron chi connectivity index (χ0n) is 32.0. The molecule has 21 heteroatoms. The summed E-state index contributed by atoms with van der Waals surface area (Å²) in [5.74, 6) is -3.50. The van der Waals surface area contributed by atoms with Gasteiger partial charge in [-0.25, -0.2) is 13.1 Å². The molecule has 0 aromatic heterocycles. The van der Waals surface area contributed by atoms with Crippen molar-refractivity contribution in [2.45, 2.75) is 57.8 Å². The second-order valence-corrected chi connectivity index (χ2v) is 13.1. The summed E-state index contributed by atoms with van der Waals surface area (Å²) in [6, 6.07) is 5.66. The smallest absolute Gasteiger partial charge is 0.315 e. The average molecular weight is 841 g/mol. The first-order valence-corrected chi connectivity index (χ1v) is 18.6. The lowest BCUT2D eigenvalue weighted by molar-refractivity contribution is -0.386. The van der Waals surface area contributed by atoms with Gasteiger partial charge in [-0.2, -0.15) is 5.26 Å². The van der Waals surface area contributed by atoms with Crippen molar-refractivity contribution in [3.8, 4) is 29.1 Å². The van der Waals surface area contributed by atoms with Crippen molar-refractivity contribution >= 4 is 52.4 Å². The van der Waals surface area contributed by atoms with E-state index in [1.54, 1.807) is 15.9 Å². The lowest BCUT2D eigenvalue weighted by atomic mass is 10.1. The highest BCUT2D eigenvalue weighted by Crippen LogP contribution is 2.37. The molecule has 0 aliphatic carbocycles. The summed E-state index contributed by atoms with van der Waals surface area (Å²) >= 11 is 4.73. The largest absolute Gasteiger partial charge is 0.504 e. The van der Waals surface area contributed by atoms with Gasteiger partial charge in [-0.3, -0.25) is 39.4 Å². The molecule has 3 heterocycles. The third-order valence-corrected chi connectivity index (χ3v) is 8.47. The molecule has 0 bridgehead atoms. The van der Waals surface area contributed by atoms with Gasteiger partial charge >= 0.3 is 22.5 Å². The number of aromatic hydroxyl groups is 4. The number of hydrogen-bond donors (Lipinski definition) is 5. The van der Waals surface area contributed by atoms with Crippen molar-refractivity contribution in [3.63, 3.8) is 0 Å². The number of nitro benzene ring substituents is 2. The standard InChI is InChI=1S/C15H15N3O5.C8H12N2O.C7H5NO5.C5H11N.C3H2ClNO/c16-9-11(15(21)17-4-2-1-3-5-17)6-10-7-12(18(22)23)14(20)13(19)8-10;1-9-7-8(11)10-5-3-2-4-6-10;9-3-4-1-5(8(12)13)7(11)6(10)2-4;1-2-4-6-5-3-1;1-5-2-3(4)6/h6-8,19-20H,1-5H2;2-7H2;1-3,10-11H;6H,1-5H2;2H2/b11-6+;;;;. The van der Waals surface area contributed by atoms with Crippen LogP contribution >= 0.6 is 11.6 Å². The fourth-order valence-corrected chi connectivity index (χ4v) is 5.49. The number of nitro groups is 2. The summed E-state index contributed by atoms with van der Waals surface area (Å²) in [6.45, 7) is 17.8. The molecule has 5 rings (SSSR count). The normalized spacial score (nSPS) is 14.4. The number of halogens is 1. The number of piperidine rings is 3. The Kier molecular flexibility index (Phi) is 23.6. The molecule has 2 aromatic rings. The summed E-state index contributed by atoms with van der Waals surface area (Å²) in [6.07, 6.45) is 11.9. The molecule has 3 saturated heterocycles. The van der Waals surface area contributed by atoms with E-state index in [9.17, 15) is 54.9 Å². The summed E-state index contributed by atoms with van der Waals surface area (Å²) in [4.78, 5) is 71.7. The van der Waals surface area contributed by atoms with Crippen molar-refractivity contribution in [2.24, 2.45) is 0 Å². The van der Waals surface area contributed by atoms with Gasteiger partial charge in [0.1, 0.15) is 17.9 Å². The van der Waals surface area contributed by atoms with Crippen molar-refractivity contribution in [1.29, 1.82) is 5.26 Å². The number of phenols is 4. The predicted molar refractivity (Wildman–Crippen MR) is 213 cm³/mol. The number of aldehydes is 1. The number of nitrogens with zero attached hydrogens (tertiary/aromatic N) is 7. The SMILES string of the molecule is C1CCNCC1.N#C/C(=C\c1cc(O)c(O)c([N+](=O)[O-])c1)C(=O)N1CCCCC1.O=Cc1cc(O)c(O)c([N+](=O)[O-])c1.[C-]#[N+]CC(=O)Cl.[C-]#[N+]CC(=O)N1CCCCC1. The van der Waals surface area contributed by atoms with Crippen molar-refractivity contribution in [2.75, 3.05) is 52.4 Å². The maximum Gasteiger partial charge on any atom is 0.315 e. The number of nitrogens with one attached hydrogen (secondary N) is 1. The van der Waals surface area contributed by atoms with Crippen LogP contribution in [0.3, 0.4) is 0 Å². The fraction of sp³-hybridized carbons (Fsp3) is 0.447. The lowest BCUT2D eigenvalue weighted by Gasteiger charge is -2.26.